The second-order valence-corrected chi connectivity index (χ2v) is 6.39. The molecule has 8 nitrogen and oxygen atoms in total. The lowest BCUT2D eigenvalue weighted by Crippen LogP contribution is -2.32. The second kappa shape index (κ2) is 6.03. The van der Waals surface area contributed by atoms with Crippen molar-refractivity contribution < 1.29 is 9.84 Å². The third kappa shape index (κ3) is 2.61. The van der Waals surface area contributed by atoms with Gasteiger partial charge in [0.25, 0.3) is 0 Å². The topological polar surface area (TPSA) is 102 Å². The van der Waals surface area contributed by atoms with E-state index < -0.39 is 0 Å². The van der Waals surface area contributed by atoms with Crippen molar-refractivity contribution in [2.45, 2.75) is 31.9 Å². The first-order valence-electron chi connectivity index (χ1n) is 8.27. The monoisotopic (exact) mass is 330 g/mol. The van der Waals surface area contributed by atoms with Gasteiger partial charge in [0.15, 0.2) is 0 Å². The fourth-order valence-electron chi connectivity index (χ4n) is 3.60. The molecule has 0 amide bonds. The van der Waals surface area contributed by atoms with Crippen LogP contribution in [-0.4, -0.2) is 44.6 Å². The van der Waals surface area contributed by atoms with Crippen molar-refractivity contribution in [1.82, 2.24) is 19.7 Å². The highest BCUT2D eigenvalue weighted by atomic mass is 16.5. The van der Waals surface area contributed by atoms with Gasteiger partial charge >= 0.3 is 0 Å². The molecule has 128 valence electrons. The standard InChI is InChI=1S/C16H22N6O2/c1-21-14-2-4-22(7-11(14)13(8-23)20-21)15-6-12(18-16(17)19-15)10-3-5-24-9-10/h6,10,23H,2-5,7-9H2,1H3,(H2,17,18,19). The Morgan fingerprint density at radius 2 is 2.29 bits per heavy atom. The molecule has 2 aromatic rings. The van der Waals surface area contributed by atoms with Gasteiger partial charge in [0, 0.05) is 56.4 Å². The lowest BCUT2D eigenvalue weighted by atomic mass is 10.0. The van der Waals surface area contributed by atoms with Crippen LogP contribution in [0.25, 0.3) is 0 Å². The maximum absolute atomic E-state index is 9.54. The molecule has 24 heavy (non-hydrogen) atoms. The van der Waals surface area contributed by atoms with E-state index in [-0.39, 0.29) is 6.61 Å². The molecule has 1 saturated heterocycles. The third-order valence-electron chi connectivity index (χ3n) is 4.90. The summed E-state index contributed by atoms with van der Waals surface area (Å²) in [6.45, 7) is 2.93. The Morgan fingerprint density at radius 1 is 1.42 bits per heavy atom. The van der Waals surface area contributed by atoms with Crippen molar-refractivity contribution >= 4 is 11.8 Å². The van der Waals surface area contributed by atoms with E-state index in [0.29, 0.717) is 25.0 Å². The summed E-state index contributed by atoms with van der Waals surface area (Å²) in [6, 6.07) is 2.02. The van der Waals surface area contributed by atoms with E-state index in [9.17, 15) is 5.11 Å². The van der Waals surface area contributed by atoms with Crippen LogP contribution in [0.3, 0.4) is 0 Å². The number of ether oxygens (including phenoxy) is 1. The molecule has 0 aromatic carbocycles. The number of rotatable bonds is 3. The van der Waals surface area contributed by atoms with Crippen molar-refractivity contribution in [1.29, 1.82) is 0 Å². The molecular formula is C16H22N6O2. The van der Waals surface area contributed by atoms with Crippen LogP contribution in [0.1, 0.15) is 35.0 Å². The first-order chi connectivity index (χ1) is 11.7. The summed E-state index contributed by atoms with van der Waals surface area (Å²) in [5.41, 5.74) is 9.91. The number of aliphatic hydroxyl groups excluding tert-OH is 1. The Bertz CT molecular complexity index is 753. The van der Waals surface area contributed by atoms with Gasteiger partial charge in [-0.2, -0.15) is 10.1 Å². The van der Waals surface area contributed by atoms with Crippen molar-refractivity contribution in [3.05, 3.63) is 28.7 Å². The molecule has 2 aliphatic heterocycles. The molecule has 2 aliphatic rings. The minimum atomic E-state index is -0.0480. The molecule has 0 spiro atoms. The van der Waals surface area contributed by atoms with Crippen molar-refractivity contribution in [3.63, 3.8) is 0 Å². The molecule has 1 unspecified atom stereocenters. The number of hydrogen-bond acceptors (Lipinski definition) is 7. The SMILES string of the molecule is Cn1nc(CO)c2c1CCN(c1cc(C3CCOC3)nc(N)n1)C2. The molecule has 0 bridgehead atoms. The number of nitrogens with zero attached hydrogens (tertiary/aromatic N) is 5. The largest absolute Gasteiger partial charge is 0.390 e. The summed E-state index contributed by atoms with van der Waals surface area (Å²) in [4.78, 5) is 11.0. The predicted octanol–water partition coefficient (Wildman–Crippen LogP) is 0.351. The molecular weight excluding hydrogens is 308 g/mol. The maximum Gasteiger partial charge on any atom is 0.222 e. The van der Waals surface area contributed by atoms with Gasteiger partial charge in [-0.1, -0.05) is 0 Å². The molecule has 1 fully saturated rings. The van der Waals surface area contributed by atoms with Crippen molar-refractivity contribution in [2.75, 3.05) is 30.4 Å². The van der Waals surface area contributed by atoms with Crippen LogP contribution in [0.2, 0.25) is 0 Å². The Hall–Kier alpha value is -2.19. The second-order valence-electron chi connectivity index (χ2n) is 6.39. The van der Waals surface area contributed by atoms with Crippen LogP contribution in [0.5, 0.6) is 0 Å². The van der Waals surface area contributed by atoms with E-state index in [1.54, 1.807) is 0 Å². The minimum absolute atomic E-state index is 0.0480. The molecule has 0 aliphatic carbocycles. The number of fused-ring (bicyclic) bond motifs is 1. The first-order valence-corrected chi connectivity index (χ1v) is 8.27. The zero-order valence-electron chi connectivity index (χ0n) is 13.8. The predicted molar refractivity (Wildman–Crippen MR) is 88.5 cm³/mol. The smallest absolute Gasteiger partial charge is 0.222 e. The number of aromatic nitrogens is 4. The van der Waals surface area contributed by atoms with Crippen LogP contribution in [0, 0.1) is 0 Å². The maximum atomic E-state index is 9.54. The lowest BCUT2D eigenvalue weighted by Gasteiger charge is -2.29. The van der Waals surface area contributed by atoms with Crippen LogP contribution in [-0.2, 0) is 31.4 Å². The molecule has 4 rings (SSSR count). The zero-order valence-corrected chi connectivity index (χ0v) is 13.8. The lowest BCUT2D eigenvalue weighted by molar-refractivity contribution is 0.193. The van der Waals surface area contributed by atoms with E-state index in [2.05, 4.69) is 20.0 Å². The molecule has 2 aromatic heterocycles. The van der Waals surface area contributed by atoms with Crippen molar-refractivity contribution in [3.8, 4) is 0 Å². The summed E-state index contributed by atoms with van der Waals surface area (Å²) >= 11 is 0. The van der Waals surface area contributed by atoms with Gasteiger partial charge in [-0.15, -0.1) is 0 Å². The van der Waals surface area contributed by atoms with Crippen LogP contribution < -0.4 is 10.6 Å². The molecule has 0 radical (unpaired) electrons. The Morgan fingerprint density at radius 3 is 3.04 bits per heavy atom. The number of aliphatic hydroxyl groups is 1. The molecule has 0 saturated carbocycles. The number of nitrogens with two attached hydrogens (primary N) is 1. The average Bonchev–Trinajstić information content (AvgIpc) is 3.22. The highest BCUT2D eigenvalue weighted by Crippen LogP contribution is 2.30. The summed E-state index contributed by atoms with van der Waals surface area (Å²) in [7, 11) is 1.93. The minimum Gasteiger partial charge on any atom is -0.390 e. The highest BCUT2D eigenvalue weighted by Gasteiger charge is 2.26. The first kappa shape index (κ1) is 15.3. The van der Waals surface area contributed by atoms with Gasteiger partial charge in [0.1, 0.15) is 5.82 Å². The van der Waals surface area contributed by atoms with Gasteiger partial charge in [0.05, 0.1) is 24.6 Å². The highest BCUT2D eigenvalue weighted by molar-refractivity contribution is 5.48. The number of aryl methyl sites for hydroxylation is 1. The number of anilines is 2. The Labute approximate surface area is 140 Å². The summed E-state index contributed by atoms with van der Waals surface area (Å²) in [5, 5.41) is 13.9. The van der Waals surface area contributed by atoms with Crippen LogP contribution in [0.15, 0.2) is 6.07 Å². The molecule has 3 N–H and O–H groups in total. The Balaban J connectivity index is 1.64. The normalized spacial score (nSPS) is 20.4. The Kier molecular flexibility index (Phi) is 3.85. The van der Waals surface area contributed by atoms with Crippen molar-refractivity contribution in [2.24, 2.45) is 7.05 Å². The van der Waals surface area contributed by atoms with E-state index in [1.165, 1.54) is 5.69 Å². The fraction of sp³-hybridized carbons (Fsp3) is 0.562. The van der Waals surface area contributed by atoms with Gasteiger partial charge in [-0.3, -0.25) is 4.68 Å². The zero-order chi connectivity index (χ0) is 16.7. The van der Waals surface area contributed by atoms with E-state index in [4.69, 9.17) is 10.5 Å². The van der Waals surface area contributed by atoms with E-state index >= 15 is 0 Å². The van der Waals surface area contributed by atoms with Gasteiger partial charge in [-0.05, 0) is 6.42 Å². The van der Waals surface area contributed by atoms with Crippen LogP contribution >= 0.6 is 0 Å². The number of nitrogen functional groups attached to an aromatic ring is 1. The van der Waals surface area contributed by atoms with Gasteiger partial charge < -0.3 is 20.5 Å². The average molecular weight is 330 g/mol. The fourth-order valence-corrected chi connectivity index (χ4v) is 3.60. The molecule has 1 atom stereocenters. The van der Waals surface area contributed by atoms with Gasteiger partial charge in [0.2, 0.25) is 5.95 Å². The van der Waals surface area contributed by atoms with Gasteiger partial charge in [-0.25, -0.2) is 4.98 Å². The molecule has 8 heteroatoms. The number of hydrogen-bond donors (Lipinski definition) is 2. The quantitative estimate of drug-likeness (QED) is 0.837. The third-order valence-corrected chi connectivity index (χ3v) is 4.90. The van der Waals surface area contributed by atoms with E-state index in [1.807, 2.05) is 17.8 Å². The summed E-state index contributed by atoms with van der Waals surface area (Å²) in [5.74, 6) is 1.43. The summed E-state index contributed by atoms with van der Waals surface area (Å²) < 4.78 is 7.33. The van der Waals surface area contributed by atoms with E-state index in [0.717, 1.165) is 48.8 Å². The van der Waals surface area contributed by atoms with Crippen LogP contribution in [0.4, 0.5) is 11.8 Å². The molecule has 4 heterocycles. The summed E-state index contributed by atoms with van der Waals surface area (Å²) in [6.07, 6.45) is 1.84.